The van der Waals surface area contributed by atoms with E-state index in [1.165, 1.54) is 25.7 Å². The third-order valence-corrected chi connectivity index (χ3v) is 4.24. The maximum absolute atomic E-state index is 6.00. The second-order valence-corrected chi connectivity index (χ2v) is 5.11. The summed E-state index contributed by atoms with van der Waals surface area (Å²) in [5.74, 6) is 0. The lowest BCUT2D eigenvalue weighted by atomic mass is 9.85. The van der Waals surface area contributed by atoms with E-state index in [0.29, 0.717) is 12.1 Å². The zero-order valence-corrected chi connectivity index (χ0v) is 11.5. The molecule has 1 rings (SSSR count). The first-order valence-electron chi connectivity index (χ1n) is 7.09. The van der Waals surface area contributed by atoms with Crippen LogP contribution in [0.2, 0.25) is 0 Å². The number of ether oxygens (including phenoxy) is 1. The first-order valence-corrected chi connectivity index (χ1v) is 7.09. The van der Waals surface area contributed by atoms with Crippen molar-refractivity contribution in [2.45, 2.75) is 83.9 Å². The molecule has 1 aliphatic heterocycles. The third kappa shape index (κ3) is 3.46. The van der Waals surface area contributed by atoms with Crippen LogP contribution in [0.25, 0.3) is 0 Å². The van der Waals surface area contributed by atoms with Crippen LogP contribution in [0.3, 0.4) is 0 Å². The van der Waals surface area contributed by atoms with E-state index in [9.17, 15) is 0 Å². The highest BCUT2D eigenvalue weighted by Gasteiger charge is 2.34. The summed E-state index contributed by atoms with van der Waals surface area (Å²) >= 11 is 0. The topological polar surface area (TPSA) is 21.3 Å². The molecule has 0 aromatic carbocycles. The van der Waals surface area contributed by atoms with Crippen molar-refractivity contribution in [2.24, 2.45) is 0 Å². The molecule has 96 valence electrons. The van der Waals surface area contributed by atoms with E-state index in [1.54, 1.807) is 0 Å². The van der Waals surface area contributed by atoms with Crippen LogP contribution < -0.4 is 5.32 Å². The Morgan fingerprint density at radius 1 is 1.19 bits per heavy atom. The van der Waals surface area contributed by atoms with Gasteiger partial charge in [0.2, 0.25) is 0 Å². The molecule has 0 amide bonds. The molecule has 1 fully saturated rings. The van der Waals surface area contributed by atoms with E-state index in [0.717, 1.165) is 19.4 Å². The molecule has 0 bridgehead atoms. The Kier molecular flexibility index (Phi) is 5.77. The molecule has 1 N–H and O–H groups in total. The van der Waals surface area contributed by atoms with Crippen LogP contribution in [0.15, 0.2) is 0 Å². The molecule has 1 saturated heterocycles. The monoisotopic (exact) mass is 227 g/mol. The average Bonchev–Trinajstić information content (AvgIpc) is 2.36. The van der Waals surface area contributed by atoms with Gasteiger partial charge in [0, 0.05) is 18.7 Å². The lowest BCUT2D eigenvalue weighted by molar-refractivity contribution is -0.0941. The number of hydrogen-bond donors (Lipinski definition) is 1. The molecule has 0 saturated carbocycles. The van der Waals surface area contributed by atoms with Gasteiger partial charge in [-0.15, -0.1) is 0 Å². The second-order valence-electron chi connectivity index (χ2n) is 5.11. The van der Waals surface area contributed by atoms with Crippen molar-refractivity contribution >= 4 is 0 Å². The van der Waals surface area contributed by atoms with Crippen molar-refractivity contribution in [2.75, 3.05) is 6.61 Å². The smallest absolute Gasteiger partial charge is 0.0692 e. The van der Waals surface area contributed by atoms with E-state index < -0.39 is 0 Å². The summed E-state index contributed by atoms with van der Waals surface area (Å²) in [7, 11) is 0. The predicted octanol–water partition coefficient (Wildman–Crippen LogP) is 3.50. The molecule has 0 aromatic heterocycles. The van der Waals surface area contributed by atoms with Gasteiger partial charge >= 0.3 is 0 Å². The van der Waals surface area contributed by atoms with Crippen LogP contribution in [0.4, 0.5) is 0 Å². The summed E-state index contributed by atoms with van der Waals surface area (Å²) in [6.45, 7) is 9.98. The first-order chi connectivity index (χ1) is 7.69. The zero-order valence-electron chi connectivity index (χ0n) is 11.5. The predicted molar refractivity (Wildman–Crippen MR) is 69.8 cm³/mol. The van der Waals surface area contributed by atoms with Gasteiger partial charge in [0.15, 0.2) is 0 Å². The molecule has 0 radical (unpaired) electrons. The molecule has 0 aromatic rings. The lowest BCUT2D eigenvalue weighted by Gasteiger charge is -2.41. The summed E-state index contributed by atoms with van der Waals surface area (Å²) in [5, 5.41) is 3.80. The molecule has 1 atom stereocenters. The van der Waals surface area contributed by atoms with E-state index in [4.69, 9.17) is 4.74 Å². The van der Waals surface area contributed by atoms with E-state index in [-0.39, 0.29) is 5.60 Å². The maximum Gasteiger partial charge on any atom is 0.0692 e. The number of rotatable bonds is 6. The van der Waals surface area contributed by atoms with Gasteiger partial charge in [-0.2, -0.15) is 0 Å². The molecule has 0 aliphatic carbocycles. The fourth-order valence-corrected chi connectivity index (χ4v) is 2.77. The Balaban J connectivity index is 2.49. The van der Waals surface area contributed by atoms with E-state index >= 15 is 0 Å². The van der Waals surface area contributed by atoms with Crippen LogP contribution in [-0.2, 0) is 4.74 Å². The highest BCUT2D eigenvalue weighted by Crippen LogP contribution is 2.31. The average molecular weight is 227 g/mol. The number of nitrogens with one attached hydrogen (secondary N) is 1. The van der Waals surface area contributed by atoms with Gasteiger partial charge in [-0.05, 0) is 38.5 Å². The molecule has 2 heteroatoms. The van der Waals surface area contributed by atoms with Gasteiger partial charge in [0.1, 0.15) is 0 Å². The summed E-state index contributed by atoms with van der Waals surface area (Å²) < 4.78 is 6.00. The van der Waals surface area contributed by atoms with Crippen LogP contribution in [-0.4, -0.2) is 24.3 Å². The Labute approximate surface area is 101 Å². The summed E-state index contributed by atoms with van der Waals surface area (Å²) in [6, 6.07) is 1.35. The van der Waals surface area contributed by atoms with E-state index in [2.05, 4.69) is 33.0 Å². The van der Waals surface area contributed by atoms with Gasteiger partial charge in [0.25, 0.3) is 0 Å². The van der Waals surface area contributed by atoms with Crippen molar-refractivity contribution in [1.82, 2.24) is 5.32 Å². The van der Waals surface area contributed by atoms with Crippen LogP contribution >= 0.6 is 0 Å². The normalized spacial score (nSPS) is 24.9. The Hall–Kier alpha value is -0.0800. The minimum absolute atomic E-state index is 0.155. The molecule has 1 aliphatic rings. The summed E-state index contributed by atoms with van der Waals surface area (Å²) in [6.07, 6.45) is 7.13. The van der Waals surface area contributed by atoms with Crippen LogP contribution in [0, 0.1) is 0 Å². The second kappa shape index (κ2) is 6.61. The van der Waals surface area contributed by atoms with Crippen LogP contribution in [0.1, 0.15) is 66.2 Å². The van der Waals surface area contributed by atoms with Gasteiger partial charge in [0.05, 0.1) is 5.60 Å². The standard InChI is InChI=1S/C14H29NO/c1-5-12(6-2)15-13-9-10-16-14(7-3,8-4)11-13/h12-13,15H,5-11H2,1-4H3. The van der Waals surface area contributed by atoms with Crippen molar-refractivity contribution < 1.29 is 4.74 Å². The van der Waals surface area contributed by atoms with Gasteiger partial charge in [-0.25, -0.2) is 0 Å². The molecule has 16 heavy (non-hydrogen) atoms. The molecule has 1 heterocycles. The van der Waals surface area contributed by atoms with Crippen LogP contribution in [0.5, 0.6) is 0 Å². The van der Waals surface area contributed by atoms with Gasteiger partial charge < -0.3 is 10.1 Å². The zero-order chi connectivity index (χ0) is 12.0. The highest BCUT2D eigenvalue weighted by atomic mass is 16.5. The molecular weight excluding hydrogens is 198 g/mol. The minimum atomic E-state index is 0.155. The minimum Gasteiger partial charge on any atom is -0.375 e. The van der Waals surface area contributed by atoms with Gasteiger partial charge in [-0.3, -0.25) is 0 Å². The molecule has 2 nitrogen and oxygen atoms in total. The van der Waals surface area contributed by atoms with Crippen molar-refractivity contribution in [3.8, 4) is 0 Å². The van der Waals surface area contributed by atoms with Gasteiger partial charge in [-0.1, -0.05) is 27.7 Å². The fraction of sp³-hybridized carbons (Fsp3) is 1.00. The highest BCUT2D eigenvalue weighted by molar-refractivity contribution is 4.89. The van der Waals surface area contributed by atoms with E-state index in [1.807, 2.05) is 0 Å². The van der Waals surface area contributed by atoms with Crippen molar-refractivity contribution in [3.05, 3.63) is 0 Å². The molecular formula is C14H29NO. The maximum atomic E-state index is 6.00. The van der Waals surface area contributed by atoms with Crippen molar-refractivity contribution in [1.29, 1.82) is 0 Å². The Bertz CT molecular complexity index is 185. The largest absolute Gasteiger partial charge is 0.375 e. The summed E-state index contributed by atoms with van der Waals surface area (Å²) in [5.41, 5.74) is 0.155. The molecule has 1 unspecified atom stereocenters. The lowest BCUT2D eigenvalue weighted by Crippen LogP contribution is -2.49. The van der Waals surface area contributed by atoms with Crippen molar-refractivity contribution in [3.63, 3.8) is 0 Å². The third-order valence-electron chi connectivity index (χ3n) is 4.24. The Morgan fingerprint density at radius 3 is 2.31 bits per heavy atom. The SMILES string of the molecule is CCC(CC)NC1CCOC(CC)(CC)C1. The number of hydrogen-bond acceptors (Lipinski definition) is 2. The quantitative estimate of drug-likeness (QED) is 0.750. The fourth-order valence-electron chi connectivity index (χ4n) is 2.77. The molecule has 0 spiro atoms. The summed E-state index contributed by atoms with van der Waals surface area (Å²) in [4.78, 5) is 0. The Morgan fingerprint density at radius 2 is 1.81 bits per heavy atom. The first kappa shape index (κ1) is 14.0.